The molecular weight excluding hydrogens is 266 g/mol. The van der Waals surface area contributed by atoms with Gasteiger partial charge in [0.25, 0.3) is 5.91 Å². The Balaban J connectivity index is 1.99. The molecule has 1 atom stereocenters. The summed E-state index contributed by atoms with van der Waals surface area (Å²) >= 11 is 0. The second-order valence-electron chi connectivity index (χ2n) is 5.29. The number of rotatable bonds is 4. The van der Waals surface area contributed by atoms with Crippen molar-refractivity contribution in [1.82, 2.24) is 5.32 Å². The van der Waals surface area contributed by atoms with Crippen LogP contribution >= 0.6 is 0 Å². The molecule has 1 fully saturated rings. The van der Waals surface area contributed by atoms with Gasteiger partial charge in [-0.05, 0) is 50.8 Å². The Morgan fingerprint density at radius 3 is 2.71 bits per heavy atom. The van der Waals surface area contributed by atoms with Crippen molar-refractivity contribution in [2.45, 2.75) is 44.2 Å². The summed E-state index contributed by atoms with van der Waals surface area (Å²) in [6.07, 6.45) is 2.56. The molecule has 1 aliphatic carbocycles. The zero-order valence-corrected chi connectivity index (χ0v) is 11.9. The van der Waals surface area contributed by atoms with Gasteiger partial charge < -0.3 is 10.1 Å². The fraction of sp³-hybridized carbons (Fsp3) is 0.438. The lowest BCUT2D eigenvalue weighted by atomic mass is 9.99. The summed E-state index contributed by atoms with van der Waals surface area (Å²) in [7, 11) is 0. The van der Waals surface area contributed by atoms with Crippen LogP contribution < -0.4 is 10.1 Å². The highest BCUT2D eigenvalue weighted by Crippen LogP contribution is 2.29. The number of benzene rings is 1. The summed E-state index contributed by atoms with van der Waals surface area (Å²) in [4.78, 5) is 12.2. The molecule has 0 radical (unpaired) electrons. The van der Waals surface area contributed by atoms with E-state index in [0.29, 0.717) is 24.2 Å². The van der Waals surface area contributed by atoms with E-state index in [1.165, 1.54) is 0 Å². The minimum absolute atomic E-state index is 0.305. The minimum Gasteiger partial charge on any atom is -0.481 e. The summed E-state index contributed by atoms with van der Waals surface area (Å²) < 4.78 is 5.55. The van der Waals surface area contributed by atoms with E-state index < -0.39 is 11.6 Å². The van der Waals surface area contributed by atoms with Crippen LogP contribution in [-0.4, -0.2) is 17.6 Å². The Kier molecular flexibility index (Phi) is 4.45. The molecule has 0 aromatic heterocycles. The Labute approximate surface area is 124 Å². The molecule has 0 aliphatic heterocycles. The smallest absolute Gasteiger partial charge is 0.262 e. The molecule has 0 saturated heterocycles. The van der Waals surface area contributed by atoms with Crippen LogP contribution in [0.25, 0.3) is 0 Å². The summed E-state index contributed by atoms with van der Waals surface area (Å²) in [6, 6.07) is 10.9. The van der Waals surface area contributed by atoms with Gasteiger partial charge in [0.05, 0.1) is 17.7 Å². The van der Waals surface area contributed by atoms with Gasteiger partial charge in [0, 0.05) is 0 Å². The van der Waals surface area contributed by atoms with E-state index in [2.05, 4.69) is 11.4 Å². The van der Waals surface area contributed by atoms with E-state index in [1.807, 2.05) is 6.07 Å². The Hall–Kier alpha value is -2.53. The number of carbonyl (C=O) groups is 1. The molecular formula is C16H17N3O2. The molecule has 1 aliphatic rings. The van der Waals surface area contributed by atoms with Crippen molar-refractivity contribution in [2.24, 2.45) is 0 Å². The zero-order chi connectivity index (χ0) is 15.3. The highest BCUT2D eigenvalue weighted by molar-refractivity contribution is 5.82. The number of ether oxygens (including phenoxy) is 1. The topological polar surface area (TPSA) is 85.9 Å². The Morgan fingerprint density at radius 2 is 2.10 bits per heavy atom. The third kappa shape index (κ3) is 3.52. The lowest BCUT2D eigenvalue weighted by molar-refractivity contribution is -0.128. The highest BCUT2D eigenvalue weighted by Gasteiger charge is 2.36. The molecule has 1 amide bonds. The van der Waals surface area contributed by atoms with E-state index in [4.69, 9.17) is 10.00 Å². The predicted molar refractivity (Wildman–Crippen MR) is 76.2 cm³/mol. The number of carbonyl (C=O) groups excluding carboxylic acids is 1. The molecule has 108 valence electrons. The first-order chi connectivity index (χ1) is 10.1. The lowest BCUT2D eigenvalue weighted by Crippen LogP contribution is -2.49. The maximum Gasteiger partial charge on any atom is 0.262 e. The highest BCUT2D eigenvalue weighted by atomic mass is 16.5. The average molecular weight is 283 g/mol. The first-order valence-corrected chi connectivity index (χ1v) is 6.99. The Morgan fingerprint density at radius 1 is 1.38 bits per heavy atom. The number of nitrogens with zero attached hydrogens (tertiary/aromatic N) is 2. The van der Waals surface area contributed by atoms with E-state index in [1.54, 1.807) is 31.2 Å². The van der Waals surface area contributed by atoms with Crippen LogP contribution in [0.15, 0.2) is 24.3 Å². The predicted octanol–water partition coefficient (Wildman–Crippen LogP) is 2.28. The molecule has 1 unspecified atom stereocenters. The number of nitrogens with one attached hydrogen (secondary N) is 1. The largest absolute Gasteiger partial charge is 0.481 e. The van der Waals surface area contributed by atoms with Gasteiger partial charge in [0.1, 0.15) is 11.3 Å². The van der Waals surface area contributed by atoms with Gasteiger partial charge in [-0.1, -0.05) is 6.07 Å². The third-order valence-corrected chi connectivity index (χ3v) is 3.68. The van der Waals surface area contributed by atoms with Gasteiger partial charge in [-0.25, -0.2) is 0 Å². The van der Waals surface area contributed by atoms with Crippen molar-refractivity contribution in [1.29, 1.82) is 10.5 Å². The van der Waals surface area contributed by atoms with Crippen LogP contribution in [0, 0.1) is 22.7 Å². The molecule has 1 N–H and O–H groups in total. The fourth-order valence-corrected chi connectivity index (χ4v) is 2.48. The van der Waals surface area contributed by atoms with Crippen molar-refractivity contribution in [2.75, 3.05) is 0 Å². The number of hydrogen-bond acceptors (Lipinski definition) is 4. The van der Waals surface area contributed by atoms with Crippen molar-refractivity contribution >= 4 is 5.91 Å². The van der Waals surface area contributed by atoms with Crippen molar-refractivity contribution in [3.8, 4) is 17.9 Å². The van der Waals surface area contributed by atoms with Crippen molar-refractivity contribution < 1.29 is 9.53 Å². The average Bonchev–Trinajstić information content (AvgIpc) is 2.96. The monoisotopic (exact) mass is 283 g/mol. The summed E-state index contributed by atoms with van der Waals surface area (Å²) in [5, 5.41) is 20.9. The maximum atomic E-state index is 12.2. The molecule has 1 saturated carbocycles. The van der Waals surface area contributed by atoms with Crippen LogP contribution in [0.4, 0.5) is 0 Å². The quantitative estimate of drug-likeness (QED) is 0.918. The standard InChI is InChI=1S/C16H17N3O2/c1-12(21-14-6-4-5-13(9-14)10-17)15(20)19-16(11-18)7-2-3-8-16/h4-6,9,12H,2-3,7-8H2,1H3,(H,19,20). The van der Waals surface area contributed by atoms with Gasteiger partial charge in [-0.15, -0.1) is 0 Å². The molecule has 21 heavy (non-hydrogen) atoms. The second kappa shape index (κ2) is 6.28. The first-order valence-electron chi connectivity index (χ1n) is 6.99. The van der Waals surface area contributed by atoms with Crippen LogP contribution in [-0.2, 0) is 4.79 Å². The lowest BCUT2D eigenvalue weighted by Gasteiger charge is -2.24. The normalized spacial score (nSPS) is 17.3. The summed E-state index contributed by atoms with van der Waals surface area (Å²) in [6.45, 7) is 1.63. The molecule has 5 heteroatoms. The summed E-state index contributed by atoms with van der Waals surface area (Å²) in [5.41, 5.74) is -0.271. The Bertz CT molecular complexity index is 607. The molecule has 2 rings (SSSR count). The SMILES string of the molecule is CC(Oc1cccc(C#N)c1)C(=O)NC1(C#N)CCCC1. The second-order valence-corrected chi connectivity index (χ2v) is 5.29. The summed E-state index contributed by atoms with van der Waals surface area (Å²) in [5.74, 6) is 0.162. The van der Waals surface area contributed by atoms with Crippen LogP contribution in [0.5, 0.6) is 5.75 Å². The number of amides is 1. The minimum atomic E-state index is -0.747. The van der Waals surface area contributed by atoms with Crippen LogP contribution in [0.1, 0.15) is 38.2 Å². The van der Waals surface area contributed by atoms with Gasteiger partial charge in [-0.2, -0.15) is 10.5 Å². The molecule has 0 heterocycles. The van der Waals surface area contributed by atoms with E-state index >= 15 is 0 Å². The van der Waals surface area contributed by atoms with Crippen molar-refractivity contribution in [3.63, 3.8) is 0 Å². The van der Waals surface area contributed by atoms with Gasteiger partial charge in [0.15, 0.2) is 6.10 Å². The molecule has 5 nitrogen and oxygen atoms in total. The zero-order valence-electron chi connectivity index (χ0n) is 11.9. The fourth-order valence-electron chi connectivity index (χ4n) is 2.48. The van der Waals surface area contributed by atoms with Gasteiger partial charge in [0.2, 0.25) is 0 Å². The molecule has 0 spiro atoms. The number of nitriles is 2. The first kappa shape index (κ1) is 14.9. The molecule has 1 aromatic rings. The molecule has 0 bridgehead atoms. The third-order valence-electron chi connectivity index (χ3n) is 3.68. The van der Waals surface area contributed by atoms with E-state index in [0.717, 1.165) is 12.8 Å². The number of hydrogen-bond donors (Lipinski definition) is 1. The van der Waals surface area contributed by atoms with Crippen LogP contribution in [0.2, 0.25) is 0 Å². The van der Waals surface area contributed by atoms with E-state index in [-0.39, 0.29) is 5.91 Å². The molecule has 1 aromatic carbocycles. The maximum absolute atomic E-state index is 12.2. The van der Waals surface area contributed by atoms with Gasteiger partial charge >= 0.3 is 0 Å². The van der Waals surface area contributed by atoms with Crippen molar-refractivity contribution in [3.05, 3.63) is 29.8 Å². The van der Waals surface area contributed by atoms with Gasteiger partial charge in [-0.3, -0.25) is 4.79 Å². The van der Waals surface area contributed by atoms with E-state index in [9.17, 15) is 10.1 Å². The van der Waals surface area contributed by atoms with Crippen LogP contribution in [0.3, 0.4) is 0 Å².